The van der Waals surface area contributed by atoms with Gasteiger partial charge in [0.15, 0.2) is 0 Å². The molecule has 4 rings (SSSR count). The Labute approximate surface area is 163 Å². The summed E-state index contributed by atoms with van der Waals surface area (Å²) >= 11 is 0. The van der Waals surface area contributed by atoms with Crippen LogP contribution < -0.4 is 10.1 Å². The van der Waals surface area contributed by atoms with Crippen molar-refractivity contribution >= 4 is 6.03 Å². The van der Waals surface area contributed by atoms with Gasteiger partial charge in [-0.15, -0.1) is 0 Å². The molecule has 1 N–H and O–H groups in total. The van der Waals surface area contributed by atoms with Crippen LogP contribution in [0.5, 0.6) is 5.75 Å². The Balaban J connectivity index is 1.41. The molecular formula is C20H23N5O3. The van der Waals surface area contributed by atoms with Crippen LogP contribution in [0.3, 0.4) is 0 Å². The number of rotatable bonds is 5. The van der Waals surface area contributed by atoms with Crippen LogP contribution >= 0.6 is 0 Å². The number of nitrogens with zero attached hydrogens (tertiary/aromatic N) is 4. The summed E-state index contributed by atoms with van der Waals surface area (Å²) in [7, 11) is 1.63. The number of carbonyl (C=O) groups is 1. The van der Waals surface area contributed by atoms with E-state index in [-0.39, 0.29) is 12.1 Å². The van der Waals surface area contributed by atoms with Crippen LogP contribution in [0.25, 0.3) is 5.69 Å². The largest absolute Gasteiger partial charge is 0.494 e. The predicted molar refractivity (Wildman–Crippen MR) is 102 cm³/mol. The van der Waals surface area contributed by atoms with E-state index in [1.54, 1.807) is 18.0 Å². The number of aryl methyl sites for hydroxylation is 1. The van der Waals surface area contributed by atoms with Crippen LogP contribution in [-0.4, -0.2) is 39.5 Å². The highest BCUT2D eigenvalue weighted by Crippen LogP contribution is 2.31. The zero-order valence-electron chi connectivity index (χ0n) is 16.0. The summed E-state index contributed by atoms with van der Waals surface area (Å²) in [6.07, 6.45) is 5.48. The summed E-state index contributed by atoms with van der Waals surface area (Å²) in [5.74, 6) is 1.50. The van der Waals surface area contributed by atoms with Gasteiger partial charge in [0.1, 0.15) is 22.9 Å². The van der Waals surface area contributed by atoms with Crippen LogP contribution in [0.1, 0.15) is 35.9 Å². The Morgan fingerprint density at radius 3 is 3.04 bits per heavy atom. The Morgan fingerprint density at radius 1 is 1.39 bits per heavy atom. The van der Waals surface area contributed by atoms with E-state index in [1.165, 1.54) is 0 Å². The van der Waals surface area contributed by atoms with Crippen molar-refractivity contribution in [2.24, 2.45) is 0 Å². The number of hydrogen-bond acceptors (Lipinski definition) is 5. The average Bonchev–Trinajstić information content (AvgIpc) is 3.46. The van der Waals surface area contributed by atoms with Crippen molar-refractivity contribution in [1.82, 2.24) is 25.2 Å². The number of likely N-dealkylation sites (tertiary alicyclic amines) is 1. The first kappa shape index (κ1) is 18.1. The average molecular weight is 381 g/mol. The van der Waals surface area contributed by atoms with Gasteiger partial charge in [0.25, 0.3) is 0 Å². The quantitative estimate of drug-likeness (QED) is 0.733. The van der Waals surface area contributed by atoms with Crippen LogP contribution in [0.2, 0.25) is 0 Å². The van der Waals surface area contributed by atoms with Crippen LogP contribution in [0, 0.1) is 6.92 Å². The second-order valence-corrected chi connectivity index (χ2v) is 6.84. The first-order chi connectivity index (χ1) is 13.7. The molecule has 1 aliphatic heterocycles. The number of urea groups is 1. The fourth-order valence-electron chi connectivity index (χ4n) is 3.54. The van der Waals surface area contributed by atoms with E-state index in [2.05, 4.69) is 15.6 Å². The molecule has 28 heavy (non-hydrogen) atoms. The number of hydrogen-bond donors (Lipinski definition) is 1. The van der Waals surface area contributed by atoms with Crippen LogP contribution in [0.4, 0.5) is 4.79 Å². The SMILES string of the molecule is COc1ccccc1-n1cc(CNC(=O)N2CCC[C@@H]2c2cc(C)on2)cn1. The van der Waals surface area contributed by atoms with Gasteiger partial charge in [0.2, 0.25) is 0 Å². The summed E-state index contributed by atoms with van der Waals surface area (Å²) in [5, 5.41) is 11.5. The number of methoxy groups -OCH3 is 1. The fraction of sp³-hybridized carbons (Fsp3) is 0.350. The van der Waals surface area contributed by atoms with Gasteiger partial charge < -0.3 is 19.5 Å². The molecule has 1 aliphatic rings. The molecule has 2 aromatic heterocycles. The van der Waals surface area contributed by atoms with E-state index < -0.39 is 0 Å². The summed E-state index contributed by atoms with van der Waals surface area (Å²) < 4.78 is 12.3. The number of ether oxygens (including phenoxy) is 1. The van der Waals surface area contributed by atoms with Crippen molar-refractivity contribution in [1.29, 1.82) is 0 Å². The van der Waals surface area contributed by atoms with Gasteiger partial charge in [-0.05, 0) is 31.9 Å². The molecule has 3 aromatic rings. The summed E-state index contributed by atoms with van der Waals surface area (Å²) in [4.78, 5) is 14.5. The number of para-hydroxylation sites is 2. The lowest BCUT2D eigenvalue weighted by Gasteiger charge is -2.23. The molecule has 0 unspecified atom stereocenters. The minimum atomic E-state index is -0.104. The minimum absolute atomic E-state index is 0.0336. The van der Waals surface area contributed by atoms with Crippen LogP contribution in [-0.2, 0) is 6.54 Å². The first-order valence-electron chi connectivity index (χ1n) is 9.30. The number of amides is 2. The molecule has 0 aliphatic carbocycles. The molecule has 1 saturated heterocycles. The van der Waals surface area contributed by atoms with Gasteiger partial charge in [-0.3, -0.25) is 0 Å². The smallest absolute Gasteiger partial charge is 0.318 e. The molecular weight excluding hydrogens is 358 g/mol. The van der Waals surface area contributed by atoms with Crippen molar-refractivity contribution < 1.29 is 14.1 Å². The van der Waals surface area contributed by atoms with E-state index in [4.69, 9.17) is 9.26 Å². The van der Waals surface area contributed by atoms with Crippen LogP contribution in [0.15, 0.2) is 47.2 Å². The summed E-state index contributed by atoms with van der Waals surface area (Å²) in [6.45, 7) is 2.97. The van der Waals surface area contributed by atoms with Gasteiger partial charge in [-0.25, -0.2) is 9.48 Å². The minimum Gasteiger partial charge on any atom is -0.494 e. The van der Waals surface area contributed by atoms with E-state index in [9.17, 15) is 4.79 Å². The Bertz CT molecular complexity index is 964. The van der Waals surface area contributed by atoms with E-state index in [1.807, 2.05) is 48.4 Å². The first-order valence-corrected chi connectivity index (χ1v) is 9.30. The third kappa shape index (κ3) is 3.58. The zero-order chi connectivity index (χ0) is 19.5. The Hall–Kier alpha value is -3.29. The summed E-state index contributed by atoms with van der Waals surface area (Å²) in [5.41, 5.74) is 2.57. The maximum atomic E-state index is 12.7. The number of benzene rings is 1. The van der Waals surface area contributed by atoms with Gasteiger partial charge in [-0.1, -0.05) is 17.3 Å². The highest BCUT2D eigenvalue weighted by molar-refractivity contribution is 5.75. The highest BCUT2D eigenvalue weighted by Gasteiger charge is 2.32. The topological polar surface area (TPSA) is 85.4 Å². The zero-order valence-corrected chi connectivity index (χ0v) is 16.0. The lowest BCUT2D eigenvalue weighted by atomic mass is 10.1. The standard InChI is InChI=1S/C20H23N5O3/c1-14-10-16(23-28-14)17-7-5-9-24(17)20(26)21-11-15-12-22-25(13-15)18-6-3-4-8-19(18)27-2/h3-4,6,8,10,12-13,17H,5,7,9,11H2,1-2H3,(H,21,26)/t17-/m1/s1. The number of aromatic nitrogens is 3. The number of carbonyl (C=O) groups excluding carboxylic acids is 1. The maximum Gasteiger partial charge on any atom is 0.318 e. The molecule has 1 fully saturated rings. The molecule has 146 valence electrons. The third-order valence-electron chi connectivity index (χ3n) is 4.91. The molecule has 1 aromatic carbocycles. The van der Waals surface area contributed by atoms with Crippen molar-refractivity contribution in [3.8, 4) is 11.4 Å². The Morgan fingerprint density at radius 2 is 2.25 bits per heavy atom. The maximum absolute atomic E-state index is 12.7. The fourth-order valence-corrected chi connectivity index (χ4v) is 3.54. The lowest BCUT2D eigenvalue weighted by Crippen LogP contribution is -2.39. The molecule has 0 spiro atoms. The van der Waals surface area contributed by atoms with Crippen molar-refractivity contribution in [3.63, 3.8) is 0 Å². The van der Waals surface area contributed by atoms with Gasteiger partial charge in [-0.2, -0.15) is 5.10 Å². The predicted octanol–water partition coefficient (Wildman–Crippen LogP) is 3.22. The molecule has 0 bridgehead atoms. The van der Waals surface area contributed by atoms with E-state index >= 15 is 0 Å². The molecule has 8 nitrogen and oxygen atoms in total. The normalized spacial score (nSPS) is 16.4. The van der Waals surface area contributed by atoms with E-state index in [0.717, 1.165) is 41.3 Å². The molecule has 0 saturated carbocycles. The molecule has 0 radical (unpaired) electrons. The molecule has 1 atom stereocenters. The lowest BCUT2D eigenvalue weighted by molar-refractivity contribution is 0.190. The monoisotopic (exact) mass is 381 g/mol. The summed E-state index contributed by atoms with van der Waals surface area (Å²) in [6, 6.07) is 9.42. The second-order valence-electron chi connectivity index (χ2n) is 6.84. The van der Waals surface area contributed by atoms with E-state index in [0.29, 0.717) is 13.1 Å². The van der Waals surface area contributed by atoms with Gasteiger partial charge in [0.05, 0.1) is 19.3 Å². The number of nitrogens with one attached hydrogen (secondary N) is 1. The van der Waals surface area contributed by atoms with Gasteiger partial charge >= 0.3 is 6.03 Å². The third-order valence-corrected chi connectivity index (χ3v) is 4.91. The molecule has 3 heterocycles. The molecule has 2 amide bonds. The Kier molecular flexibility index (Phi) is 5.01. The van der Waals surface area contributed by atoms with Crippen molar-refractivity contribution in [2.45, 2.75) is 32.4 Å². The molecule has 8 heteroatoms. The van der Waals surface area contributed by atoms with Crippen molar-refractivity contribution in [2.75, 3.05) is 13.7 Å². The second kappa shape index (κ2) is 7.75. The van der Waals surface area contributed by atoms with Crippen molar-refractivity contribution in [3.05, 3.63) is 59.7 Å². The highest BCUT2D eigenvalue weighted by atomic mass is 16.5. The van der Waals surface area contributed by atoms with Gasteiger partial charge in [0, 0.05) is 30.9 Å².